The normalized spacial score (nSPS) is 13.7. The molecule has 0 radical (unpaired) electrons. The molecule has 25 nitrogen and oxygen atoms in total. The molecule has 1 atom stereocenters. The first kappa shape index (κ1) is 53.4. The summed E-state index contributed by atoms with van der Waals surface area (Å²) in [6.45, 7) is 8.06. The molecule has 6 rings (SSSR count). The number of nitro benzene ring substituents is 2. The van der Waals surface area contributed by atoms with Crippen LogP contribution in [-0.2, 0) is 51.1 Å². The monoisotopic (exact) mass is 990 g/mol. The fourth-order valence-corrected chi connectivity index (χ4v) is 7.30. The third-order valence-electron chi connectivity index (χ3n) is 10.8. The van der Waals surface area contributed by atoms with Crippen molar-refractivity contribution in [2.24, 2.45) is 0 Å². The van der Waals surface area contributed by atoms with Gasteiger partial charge >= 0.3 is 0 Å². The number of Topliss-reactive ketones (excluding diaryl/α,β-unsaturated/α-hetero) is 1. The average molecular weight is 991 g/mol. The van der Waals surface area contributed by atoms with E-state index in [1.807, 2.05) is 13.0 Å². The van der Waals surface area contributed by atoms with E-state index in [9.17, 15) is 34.6 Å². The molecule has 0 saturated carbocycles. The van der Waals surface area contributed by atoms with Crippen LogP contribution >= 0.6 is 0 Å². The Bertz CT molecular complexity index is 2460. The van der Waals surface area contributed by atoms with Gasteiger partial charge in [-0.15, -0.1) is 5.10 Å². The lowest BCUT2D eigenvalue weighted by Gasteiger charge is -2.39. The number of aromatic amines is 1. The topological polar surface area (TPSA) is 289 Å². The van der Waals surface area contributed by atoms with E-state index in [1.165, 1.54) is 29.3 Å². The third-order valence-corrected chi connectivity index (χ3v) is 10.8. The predicted octanol–water partition coefficient (Wildman–Crippen LogP) is 3.33. The molecule has 4 heterocycles. The lowest BCUT2D eigenvalue weighted by molar-refractivity contribution is -0.392. The largest absolute Gasteiger partial charge is 0.490 e. The second-order valence-electron chi connectivity index (χ2n) is 15.7. The minimum atomic E-state index is -0.688. The number of amides is 2. The van der Waals surface area contributed by atoms with E-state index < -0.39 is 21.5 Å². The smallest absolute Gasteiger partial charge is 0.299 e. The van der Waals surface area contributed by atoms with Gasteiger partial charge in [0, 0.05) is 62.3 Å². The molecule has 0 unspecified atom stereocenters. The van der Waals surface area contributed by atoms with E-state index >= 15 is 0 Å². The number of anilines is 1. The van der Waals surface area contributed by atoms with Crippen LogP contribution in [0.15, 0.2) is 73.2 Å². The number of hydrogen-bond acceptors (Lipinski definition) is 19. The summed E-state index contributed by atoms with van der Waals surface area (Å²) in [4.78, 5) is 71.6. The van der Waals surface area contributed by atoms with Gasteiger partial charge in [-0.1, -0.05) is 23.4 Å². The lowest BCUT2D eigenvalue weighted by Crippen LogP contribution is -2.56. The number of aromatic nitrogens is 5. The quantitative estimate of drug-likeness (QED) is 0.0200. The minimum Gasteiger partial charge on any atom is -0.490 e. The maximum Gasteiger partial charge on any atom is 0.299 e. The summed E-state index contributed by atoms with van der Waals surface area (Å²) in [5, 5.41) is 33.7. The van der Waals surface area contributed by atoms with Crippen LogP contribution in [0.3, 0.4) is 0 Å². The van der Waals surface area contributed by atoms with E-state index in [2.05, 4.69) is 25.6 Å². The molecule has 1 aliphatic rings. The number of pyridine rings is 1. The van der Waals surface area contributed by atoms with E-state index in [0.29, 0.717) is 107 Å². The number of nitro groups is 2. The Morgan fingerprint density at radius 2 is 1.35 bits per heavy atom. The fraction of sp³-hybridized carbons (Fsp3) is 0.478. The Balaban J connectivity index is 0.721. The van der Waals surface area contributed by atoms with Crippen molar-refractivity contribution in [1.29, 1.82) is 0 Å². The van der Waals surface area contributed by atoms with Gasteiger partial charge in [0.2, 0.25) is 0 Å². The molecule has 71 heavy (non-hydrogen) atoms. The zero-order valence-corrected chi connectivity index (χ0v) is 39.3. The molecule has 1 aliphatic heterocycles. The summed E-state index contributed by atoms with van der Waals surface area (Å²) < 4.78 is 46.5. The van der Waals surface area contributed by atoms with Crippen molar-refractivity contribution in [1.82, 2.24) is 34.8 Å². The van der Waals surface area contributed by atoms with Gasteiger partial charge in [-0.3, -0.25) is 34.6 Å². The highest BCUT2D eigenvalue weighted by Gasteiger charge is 2.35. The van der Waals surface area contributed by atoms with Gasteiger partial charge in [-0.05, 0) is 31.2 Å². The number of nitrogens with one attached hydrogen (secondary N) is 2. The molecule has 0 aliphatic carbocycles. The van der Waals surface area contributed by atoms with Gasteiger partial charge in [-0.2, -0.15) is 0 Å². The van der Waals surface area contributed by atoms with Crippen molar-refractivity contribution in [3.63, 3.8) is 0 Å². The Labute approximate surface area is 407 Å². The fourth-order valence-electron chi connectivity index (χ4n) is 7.30. The number of hydrogen-bond donors (Lipinski definition) is 2. The Morgan fingerprint density at radius 1 is 0.746 bits per heavy atom. The third kappa shape index (κ3) is 16.3. The maximum absolute atomic E-state index is 13.6. The minimum absolute atomic E-state index is 0.113. The molecule has 0 bridgehead atoms. The number of ketones is 1. The van der Waals surface area contributed by atoms with Crippen LogP contribution in [-0.4, -0.2) is 187 Å². The number of carbonyl (C=O) groups is 3. The molecule has 5 aromatic rings. The molecular weight excluding hydrogens is 933 g/mol. The van der Waals surface area contributed by atoms with E-state index in [-0.39, 0.29) is 87.3 Å². The molecular formula is C46H58N10O15. The summed E-state index contributed by atoms with van der Waals surface area (Å²) in [5.74, 6) is -1.06. The van der Waals surface area contributed by atoms with Crippen LogP contribution in [0.25, 0.3) is 11.0 Å². The lowest BCUT2D eigenvalue weighted by atomic mass is 10.1. The van der Waals surface area contributed by atoms with Crippen molar-refractivity contribution in [2.75, 3.05) is 124 Å². The summed E-state index contributed by atoms with van der Waals surface area (Å²) in [6, 6.07) is 13.9. The molecule has 1 fully saturated rings. The first-order valence-electron chi connectivity index (χ1n) is 23.0. The Kier molecular flexibility index (Phi) is 21.5. The van der Waals surface area contributed by atoms with Crippen LogP contribution in [0, 0.1) is 20.2 Å². The highest BCUT2D eigenvalue weighted by Crippen LogP contribution is 2.33. The number of fused-ring (bicyclic) bond motifs is 1. The maximum atomic E-state index is 13.6. The van der Waals surface area contributed by atoms with Crippen molar-refractivity contribution in [2.45, 2.75) is 26.1 Å². The predicted molar refractivity (Wildman–Crippen MR) is 252 cm³/mol. The van der Waals surface area contributed by atoms with E-state index in [0.717, 1.165) is 0 Å². The zero-order chi connectivity index (χ0) is 50.2. The van der Waals surface area contributed by atoms with Crippen molar-refractivity contribution >= 4 is 45.7 Å². The highest BCUT2D eigenvalue weighted by molar-refractivity contribution is 6.45. The van der Waals surface area contributed by atoms with E-state index in [1.54, 1.807) is 52.3 Å². The van der Waals surface area contributed by atoms with Gasteiger partial charge < -0.3 is 58.0 Å². The average Bonchev–Trinajstić information content (AvgIpc) is 4.04. The molecule has 2 amide bonds. The second kappa shape index (κ2) is 28.6. The second-order valence-corrected chi connectivity index (χ2v) is 15.7. The zero-order valence-electron chi connectivity index (χ0n) is 39.3. The van der Waals surface area contributed by atoms with Crippen LogP contribution in [0.5, 0.6) is 5.75 Å². The summed E-state index contributed by atoms with van der Waals surface area (Å²) in [6.07, 6.45) is 4.77. The number of benzene rings is 2. The number of ether oxygens (including phenoxy) is 8. The van der Waals surface area contributed by atoms with Crippen molar-refractivity contribution < 1.29 is 62.1 Å². The Hall–Kier alpha value is -7.00. The van der Waals surface area contributed by atoms with Crippen LogP contribution in [0.1, 0.15) is 33.3 Å². The number of H-pyrrole nitrogens is 1. The standard InChI is InChI=1S/C46H58N10O15/c1-34-31-52(45(58)35-6-3-2-4-7-35)13-14-54(34)46(59)43(57)37-30-49-44-41(37)40(10-11-48-44)71-29-28-69-25-24-68-23-22-67-21-20-66-19-18-65-17-15-53-32-36(50-51-53)33-70-27-26-64-16-12-47-42-38(55(60)61)8-5-9-39(42)56(62)63/h2-11,30,32,34,47H,12-29,31,33H2,1H3,(H,48,49)/t34-/m1/s1. The first-order valence-corrected chi connectivity index (χ1v) is 23.0. The first-order chi connectivity index (χ1) is 34.6. The van der Waals surface area contributed by atoms with Gasteiger partial charge in [0.25, 0.3) is 29.0 Å². The molecule has 25 heteroatoms. The van der Waals surface area contributed by atoms with Gasteiger partial charge in [0.05, 0.1) is 126 Å². The number of para-hydroxylation sites is 1. The molecule has 2 aromatic carbocycles. The molecule has 1 saturated heterocycles. The van der Waals surface area contributed by atoms with E-state index in [4.69, 9.17) is 37.9 Å². The molecule has 2 N–H and O–H groups in total. The van der Waals surface area contributed by atoms with Crippen molar-refractivity contribution in [3.05, 3.63) is 110 Å². The van der Waals surface area contributed by atoms with Gasteiger partial charge in [0.1, 0.15) is 23.7 Å². The van der Waals surface area contributed by atoms with Gasteiger partial charge in [-0.25, -0.2) is 9.67 Å². The summed E-state index contributed by atoms with van der Waals surface area (Å²) >= 11 is 0. The number of piperazine rings is 1. The van der Waals surface area contributed by atoms with Crippen LogP contribution < -0.4 is 10.1 Å². The highest BCUT2D eigenvalue weighted by atomic mass is 16.6. The van der Waals surface area contributed by atoms with Crippen molar-refractivity contribution in [3.8, 4) is 5.75 Å². The summed E-state index contributed by atoms with van der Waals surface area (Å²) in [5.41, 5.74) is 0.831. The SMILES string of the molecule is C[C@@H]1CN(C(=O)c2ccccc2)CCN1C(=O)C(=O)c1c[nH]c2nccc(OCCOCCOCCOCCOCCOCCn3cc(COCCOCCNc4c([N+](=O)[O-])cccc4[N+](=O)[O-])nn3)c12. The molecule has 382 valence electrons. The van der Waals surface area contributed by atoms with Gasteiger partial charge in [0.15, 0.2) is 5.69 Å². The molecule has 0 spiro atoms. The number of nitrogens with zero attached hydrogens (tertiary/aromatic N) is 8. The summed E-state index contributed by atoms with van der Waals surface area (Å²) in [7, 11) is 0. The molecule has 3 aromatic heterocycles. The van der Waals surface area contributed by atoms with Crippen LogP contribution in [0.4, 0.5) is 17.1 Å². The number of carbonyl (C=O) groups excluding carboxylic acids is 3. The number of rotatable bonds is 33. The van der Waals surface area contributed by atoms with Crippen LogP contribution in [0.2, 0.25) is 0 Å². The Morgan fingerprint density at radius 3 is 1.99 bits per heavy atom.